The topological polar surface area (TPSA) is 90.0 Å². The third-order valence-electron chi connectivity index (χ3n) is 4.07. The Morgan fingerprint density at radius 3 is 2.59 bits per heavy atom. The number of aryl methyl sites for hydroxylation is 1. The summed E-state index contributed by atoms with van der Waals surface area (Å²) in [4.78, 5) is 26.2. The number of ether oxygens (including phenoxy) is 3. The van der Waals surface area contributed by atoms with E-state index in [4.69, 9.17) is 14.2 Å². The van der Waals surface area contributed by atoms with E-state index in [0.29, 0.717) is 29.2 Å². The van der Waals surface area contributed by atoms with Gasteiger partial charge < -0.3 is 19.2 Å². The molecule has 3 aromatic rings. The molecule has 0 aliphatic carbocycles. The van der Waals surface area contributed by atoms with Crippen LogP contribution in [0.2, 0.25) is 0 Å². The molecule has 0 bridgehead atoms. The van der Waals surface area contributed by atoms with Crippen molar-refractivity contribution in [3.63, 3.8) is 0 Å². The van der Waals surface area contributed by atoms with E-state index in [1.807, 2.05) is 19.1 Å². The van der Waals surface area contributed by atoms with Crippen LogP contribution >= 0.6 is 0 Å². The Balaban J connectivity index is 1.92. The second kappa shape index (κ2) is 7.90. The molecule has 0 aliphatic heterocycles. The molecule has 0 spiro atoms. The van der Waals surface area contributed by atoms with Crippen LogP contribution in [0.4, 0.5) is 5.69 Å². The number of hydrogen-bond acceptors (Lipinski definition) is 6. The van der Waals surface area contributed by atoms with Crippen molar-refractivity contribution in [1.29, 1.82) is 0 Å². The molecule has 0 fully saturated rings. The third-order valence-corrected chi connectivity index (χ3v) is 4.07. The minimum atomic E-state index is -0.311. The number of nitroso groups, excluding NO2 is 1. The first kappa shape index (κ1) is 18.4. The predicted molar refractivity (Wildman–Crippen MR) is 102 cm³/mol. The van der Waals surface area contributed by atoms with E-state index in [-0.39, 0.29) is 18.1 Å². The molecule has 0 amide bonds. The van der Waals surface area contributed by atoms with E-state index < -0.39 is 0 Å². The monoisotopic (exact) mass is 368 g/mol. The molecule has 2 aromatic carbocycles. The lowest BCUT2D eigenvalue weighted by Gasteiger charge is -2.13. The second-order valence-corrected chi connectivity index (χ2v) is 5.99. The van der Waals surface area contributed by atoms with E-state index in [2.05, 4.69) is 10.2 Å². The van der Waals surface area contributed by atoms with Gasteiger partial charge in [-0.2, -0.15) is 0 Å². The summed E-state index contributed by atoms with van der Waals surface area (Å²) in [5, 5.41) is 3.84. The maximum absolute atomic E-state index is 11.7. The number of nitrogens with one attached hydrogen (secondary N) is 1. The fourth-order valence-corrected chi connectivity index (χ4v) is 2.89. The summed E-state index contributed by atoms with van der Waals surface area (Å²) in [6, 6.07) is 10.5. The van der Waals surface area contributed by atoms with Gasteiger partial charge in [-0.05, 0) is 54.9 Å². The molecular formula is C20H20N2O5. The smallest absolute Gasteiger partial charge is 0.310 e. The van der Waals surface area contributed by atoms with Crippen LogP contribution in [-0.4, -0.2) is 24.7 Å². The molecule has 0 saturated carbocycles. The number of carbonyl (C=O) groups is 1. The zero-order valence-electron chi connectivity index (χ0n) is 15.4. The lowest BCUT2D eigenvalue weighted by Crippen LogP contribution is -2.07. The molecular weight excluding hydrogens is 348 g/mol. The quantitative estimate of drug-likeness (QED) is 0.479. The number of hydrogen-bond donors (Lipinski definition) is 1. The van der Waals surface area contributed by atoms with Crippen LogP contribution in [-0.2, 0) is 16.0 Å². The number of esters is 1. The summed E-state index contributed by atoms with van der Waals surface area (Å²) in [6.45, 7) is 4.00. The molecule has 1 aromatic heterocycles. The fourth-order valence-electron chi connectivity index (χ4n) is 2.89. The Kier molecular flexibility index (Phi) is 5.40. The summed E-state index contributed by atoms with van der Waals surface area (Å²) >= 11 is 0. The largest absolute Gasteiger partial charge is 0.493 e. The first-order valence-electron chi connectivity index (χ1n) is 8.51. The minimum Gasteiger partial charge on any atom is -0.493 e. The van der Waals surface area contributed by atoms with Crippen molar-refractivity contribution < 1.29 is 19.0 Å². The van der Waals surface area contributed by atoms with Gasteiger partial charge in [0, 0.05) is 16.6 Å². The summed E-state index contributed by atoms with van der Waals surface area (Å²) in [6.07, 6.45) is 0.139. The van der Waals surface area contributed by atoms with E-state index in [1.54, 1.807) is 31.2 Å². The molecule has 0 aliphatic rings. The van der Waals surface area contributed by atoms with Gasteiger partial charge in [-0.3, -0.25) is 4.79 Å². The standard InChI is InChI=1S/C20H20N2O5/c1-4-26-19(23)11-13-5-7-16(18(10-13)25-3)27-17-8-6-15-14(20(17)22-24)9-12(2)21-15/h5-10,21H,4,11H2,1-3H3. The molecule has 0 radical (unpaired) electrons. The Bertz CT molecular complexity index is 993. The Morgan fingerprint density at radius 2 is 1.89 bits per heavy atom. The Labute approximate surface area is 156 Å². The normalized spacial score (nSPS) is 10.6. The number of aromatic amines is 1. The molecule has 1 heterocycles. The van der Waals surface area contributed by atoms with Gasteiger partial charge in [-0.15, -0.1) is 4.91 Å². The fraction of sp³-hybridized carbons (Fsp3) is 0.250. The number of carbonyl (C=O) groups excluding carboxylic acids is 1. The van der Waals surface area contributed by atoms with Gasteiger partial charge in [-0.1, -0.05) is 6.07 Å². The molecule has 27 heavy (non-hydrogen) atoms. The molecule has 3 rings (SSSR count). The van der Waals surface area contributed by atoms with E-state index >= 15 is 0 Å². The minimum absolute atomic E-state index is 0.139. The molecule has 0 atom stereocenters. The van der Waals surface area contributed by atoms with Crippen LogP contribution < -0.4 is 9.47 Å². The lowest BCUT2D eigenvalue weighted by atomic mass is 10.1. The highest BCUT2D eigenvalue weighted by molar-refractivity contribution is 5.94. The molecule has 7 heteroatoms. The summed E-state index contributed by atoms with van der Waals surface area (Å²) in [5.41, 5.74) is 2.69. The van der Waals surface area contributed by atoms with Gasteiger partial charge in [0.15, 0.2) is 22.9 Å². The number of H-pyrrole nitrogens is 1. The Morgan fingerprint density at radius 1 is 1.11 bits per heavy atom. The van der Waals surface area contributed by atoms with Gasteiger partial charge in [-0.25, -0.2) is 0 Å². The van der Waals surface area contributed by atoms with Crippen molar-refractivity contribution in [3.8, 4) is 17.2 Å². The number of nitrogens with zero attached hydrogens (tertiary/aromatic N) is 1. The van der Waals surface area contributed by atoms with Crippen molar-refractivity contribution in [2.24, 2.45) is 5.18 Å². The number of benzene rings is 2. The maximum atomic E-state index is 11.7. The van der Waals surface area contributed by atoms with Crippen LogP contribution in [0.1, 0.15) is 18.2 Å². The summed E-state index contributed by atoms with van der Waals surface area (Å²) in [5.74, 6) is 0.877. The lowest BCUT2D eigenvalue weighted by molar-refractivity contribution is -0.142. The van der Waals surface area contributed by atoms with Gasteiger partial charge in [0.25, 0.3) is 0 Å². The predicted octanol–water partition coefficient (Wildman–Crippen LogP) is 4.78. The van der Waals surface area contributed by atoms with Crippen molar-refractivity contribution >= 4 is 22.6 Å². The highest BCUT2D eigenvalue weighted by Crippen LogP contribution is 2.41. The first-order valence-corrected chi connectivity index (χ1v) is 8.51. The van der Waals surface area contributed by atoms with E-state index in [0.717, 1.165) is 16.8 Å². The highest BCUT2D eigenvalue weighted by atomic mass is 16.5. The van der Waals surface area contributed by atoms with E-state index in [1.165, 1.54) is 7.11 Å². The van der Waals surface area contributed by atoms with Crippen LogP contribution in [0.5, 0.6) is 17.2 Å². The second-order valence-electron chi connectivity index (χ2n) is 5.99. The van der Waals surface area contributed by atoms with Crippen LogP contribution in [0.15, 0.2) is 41.6 Å². The van der Waals surface area contributed by atoms with Gasteiger partial charge in [0.2, 0.25) is 0 Å². The average molecular weight is 368 g/mol. The molecule has 140 valence electrons. The van der Waals surface area contributed by atoms with E-state index in [9.17, 15) is 9.70 Å². The van der Waals surface area contributed by atoms with Crippen molar-refractivity contribution in [2.75, 3.05) is 13.7 Å². The number of aromatic nitrogens is 1. The van der Waals surface area contributed by atoms with Crippen molar-refractivity contribution in [1.82, 2.24) is 4.98 Å². The molecule has 0 unspecified atom stereocenters. The average Bonchev–Trinajstić information content (AvgIpc) is 3.03. The van der Waals surface area contributed by atoms with Gasteiger partial charge >= 0.3 is 5.97 Å². The third kappa shape index (κ3) is 3.92. The Hall–Kier alpha value is -3.35. The number of fused-ring (bicyclic) bond motifs is 1. The SMILES string of the molecule is CCOC(=O)Cc1ccc(Oc2ccc3[nH]c(C)cc3c2N=O)c(OC)c1. The number of rotatable bonds is 7. The highest BCUT2D eigenvalue weighted by Gasteiger charge is 2.15. The molecule has 7 nitrogen and oxygen atoms in total. The van der Waals surface area contributed by atoms with Crippen molar-refractivity contribution in [2.45, 2.75) is 20.3 Å². The maximum Gasteiger partial charge on any atom is 0.310 e. The summed E-state index contributed by atoms with van der Waals surface area (Å²) < 4.78 is 16.2. The van der Waals surface area contributed by atoms with Gasteiger partial charge in [0.1, 0.15) is 0 Å². The summed E-state index contributed by atoms with van der Waals surface area (Å²) in [7, 11) is 1.51. The first-order chi connectivity index (χ1) is 13.0. The van der Waals surface area contributed by atoms with Crippen molar-refractivity contribution in [3.05, 3.63) is 52.6 Å². The molecule has 0 saturated heterocycles. The van der Waals surface area contributed by atoms with Crippen LogP contribution in [0.3, 0.4) is 0 Å². The number of methoxy groups -OCH3 is 1. The van der Waals surface area contributed by atoms with Crippen LogP contribution in [0, 0.1) is 11.8 Å². The zero-order chi connectivity index (χ0) is 19.4. The zero-order valence-corrected chi connectivity index (χ0v) is 15.4. The van der Waals surface area contributed by atoms with Crippen LogP contribution in [0.25, 0.3) is 10.9 Å². The molecule has 1 N–H and O–H groups in total. The van der Waals surface area contributed by atoms with Gasteiger partial charge in [0.05, 0.1) is 20.1 Å².